The monoisotopic (exact) mass is 185 g/mol. The van der Waals surface area contributed by atoms with Gasteiger partial charge in [-0.15, -0.1) is 0 Å². The van der Waals surface area contributed by atoms with Crippen LogP contribution >= 0.6 is 0 Å². The number of nitrogens with zero attached hydrogens (tertiary/aromatic N) is 1. The lowest BCUT2D eigenvalue weighted by Crippen LogP contribution is -2.19. The maximum absolute atomic E-state index is 11.7. The molecule has 0 heterocycles. The number of rotatable bonds is 0. The molecule has 0 aromatic heterocycles. The number of aryl methyl sites for hydroxylation is 1. The molecule has 1 unspecified atom stereocenters. The van der Waals surface area contributed by atoms with Crippen LogP contribution in [0.25, 0.3) is 0 Å². The van der Waals surface area contributed by atoms with Crippen molar-refractivity contribution in [2.45, 2.75) is 19.8 Å². The van der Waals surface area contributed by atoms with E-state index in [0.717, 1.165) is 24.0 Å². The standard InChI is InChI=1S/C12H11NO/c1-8-2-4-10-6-9(7-13)3-5-11(10)12(8)14/h3,5-6,8H,2,4H2,1H3. The fourth-order valence-electron chi connectivity index (χ4n) is 1.88. The van der Waals surface area contributed by atoms with Crippen molar-refractivity contribution in [3.8, 4) is 6.07 Å². The molecule has 0 fully saturated rings. The third-order valence-corrected chi connectivity index (χ3v) is 2.79. The van der Waals surface area contributed by atoms with Crippen molar-refractivity contribution < 1.29 is 4.79 Å². The van der Waals surface area contributed by atoms with Crippen molar-refractivity contribution in [1.29, 1.82) is 5.26 Å². The molecule has 0 spiro atoms. The Kier molecular flexibility index (Phi) is 2.09. The van der Waals surface area contributed by atoms with E-state index in [2.05, 4.69) is 6.07 Å². The molecular formula is C12H11NO. The maximum Gasteiger partial charge on any atom is 0.165 e. The molecule has 1 atom stereocenters. The Morgan fingerprint density at radius 3 is 3.00 bits per heavy atom. The fraction of sp³-hybridized carbons (Fsp3) is 0.333. The van der Waals surface area contributed by atoms with Gasteiger partial charge in [0.15, 0.2) is 5.78 Å². The summed E-state index contributed by atoms with van der Waals surface area (Å²) in [7, 11) is 0. The second-order valence-corrected chi connectivity index (χ2v) is 3.79. The van der Waals surface area contributed by atoms with Crippen LogP contribution in [0.4, 0.5) is 0 Å². The summed E-state index contributed by atoms with van der Waals surface area (Å²) in [5.74, 6) is 0.353. The normalized spacial score (nSPS) is 20.0. The number of carbonyl (C=O) groups is 1. The Balaban J connectivity index is 2.50. The first-order valence-electron chi connectivity index (χ1n) is 4.79. The quantitative estimate of drug-likeness (QED) is 0.622. The zero-order chi connectivity index (χ0) is 10.1. The summed E-state index contributed by atoms with van der Waals surface area (Å²) in [6, 6.07) is 7.42. The zero-order valence-electron chi connectivity index (χ0n) is 8.08. The molecule has 0 N–H and O–H groups in total. The molecule has 1 aromatic rings. The van der Waals surface area contributed by atoms with Crippen molar-refractivity contribution in [3.05, 3.63) is 34.9 Å². The highest BCUT2D eigenvalue weighted by atomic mass is 16.1. The molecule has 1 aliphatic rings. The van der Waals surface area contributed by atoms with Crippen LogP contribution < -0.4 is 0 Å². The van der Waals surface area contributed by atoms with Crippen LogP contribution in [0.3, 0.4) is 0 Å². The van der Waals surface area contributed by atoms with E-state index >= 15 is 0 Å². The highest BCUT2D eigenvalue weighted by Crippen LogP contribution is 2.25. The SMILES string of the molecule is CC1CCc2cc(C#N)ccc2C1=O. The lowest BCUT2D eigenvalue weighted by atomic mass is 9.83. The van der Waals surface area contributed by atoms with Crippen molar-refractivity contribution >= 4 is 5.78 Å². The van der Waals surface area contributed by atoms with Gasteiger partial charge in [-0.2, -0.15) is 5.26 Å². The van der Waals surface area contributed by atoms with Crippen molar-refractivity contribution in [2.75, 3.05) is 0 Å². The number of fused-ring (bicyclic) bond motifs is 1. The summed E-state index contributed by atoms with van der Waals surface area (Å²) in [4.78, 5) is 11.7. The van der Waals surface area contributed by atoms with Crippen LogP contribution in [0.1, 0.15) is 34.8 Å². The van der Waals surface area contributed by atoms with Gasteiger partial charge in [-0.25, -0.2) is 0 Å². The van der Waals surface area contributed by atoms with E-state index in [1.807, 2.05) is 13.0 Å². The molecule has 70 valence electrons. The fourth-order valence-corrected chi connectivity index (χ4v) is 1.88. The third kappa shape index (κ3) is 1.31. The number of benzene rings is 1. The molecule has 0 saturated heterocycles. The van der Waals surface area contributed by atoms with Crippen molar-refractivity contribution in [2.24, 2.45) is 5.92 Å². The van der Waals surface area contributed by atoms with E-state index in [9.17, 15) is 4.79 Å². The lowest BCUT2D eigenvalue weighted by Gasteiger charge is -2.19. The topological polar surface area (TPSA) is 40.9 Å². The van der Waals surface area contributed by atoms with Crippen LogP contribution in [-0.2, 0) is 6.42 Å². The highest BCUT2D eigenvalue weighted by molar-refractivity contribution is 6.00. The van der Waals surface area contributed by atoms with E-state index in [-0.39, 0.29) is 11.7 Å². The second kappa shape index (κ2) is 3.26. The number of nitriles is 1. The van der Waals surface area contributed by atoms with E-state index < -0.39 is 0 Å². The average Bonchev–Trinajstić information content (AvgIpc) is 2.23. The van der Waals surface area contributed by atoms with Gasteiger partial charge in [-0.05, 0) is 36.6 Å². The third-order valence-electron chi connectivity index (χ3n) is 2.79. The molecule has 0 aliphatic heterocycles. The molecule has 14 heavy (non-hydrogen) atoms. The molecule has 0 radical (unpaired) electrons. The van der Waals surface area contributed by atoms with E-state index in [0.29, 0.717) is 5.56 Å². The summed E-state index contributed by atoms with van der Waals surface area (Å²) in [5.41, 5.74) is 2.49. The minimum atomic E-state index is 0.135. The number of hydrogen-bond donors (Lipinski definition) is 0. The van der Waals surface area contributed by atoms with Crippen LogP contribution in [0.15, 0.2) is 18.2 Å². The predicted molar refractivity (Wildman–Crippen MR) is 53.0 cm³/mol. The van der Waals surface area contributed by atoms with Gasteiger partial charge < -0.3 is 0 Å². The van der Waals surface area contributed by atoms with Crippen LogP contribution in [0.5, 0.6) is 0 Å². The molecular weight excluding hydrogens is 174 g/mol. The van der Waals surface area contributed by atoms with Gasteiger partial charge in [-0.1, -0.05) is 6.92 Å². The summed E-state index contributed by atoms with van der Waals surface area (Å²) in [6.45, 7) is 1.96. The lowest BCUT2D eigenvalue weighted by molar-refractivity contribution is 0.0913. The first-order valence-corrected chi connectivity index (χ1v) is 4.79. The zero-order valence-corrected chi connectivity index (χ0v) is 8.08. The van der Waals surface area contributed by atoms with Gasteiger partial charge in [0.2, 0.25) is 0 Å². The van der Waals surface area contributed by atoms with Gasteiger partial charge in [0.05, 0.1) is 11.6 Å². The first kappa shape index (κ1) is 8.96. The summed E-state index contributed by atoms with van der Waals surface area (Å²) < 4.78 is 0. The minimum Gasteiger partial charge on any atom is -0.294 e. The number of hydrogen-bond acceptors (Lipinski definition) is 2. The number of ketones is 1. The molecule has 0 amide bonds. The molecule has 2 heteroatoms. The smallest absolute Gasteiger partial charge is 0.165 e. The second-order valence-electron chi connectivity index (χ2n) is 3.79. The Hall–Kier alpha value is -1.62. The maximum atomic E-state index is 11.7. The Morgan fingerprint density at radius 1 is 1.50 bits per heavy atom. The molecule has 1 aliphatic carbocycles. The van der Waals surface area contributed by atoms with Gasteiger partial charge in [-0.3, -0.25) is 4.79 Å². The number of Topliss-reactive ketones (excluding diaryl/α,β-unsaturated/α-hetero) is 1. The van der Waals surface area contributed by atoms with Crippen LogP contribution in [-0.4, -0.2) is 5.78 Å². The van der Waals surface area contributed by atoms with Crippen molar-refractivity contribution in [3.63, 3.8) is 0 Å². The summed E-state index contributed by atoms with van der Waals surface area (Å²) in [6.07, 6.45) is 1.82. The van der Waals surface area contributed by atoms with Crippen LogP contribution in [0, 0.1) is 17.2 Å². The minimum absolute atomic E-state index is 0.135. The van der Waals surface area contributed by atoms with E-state index in [1.54, 1.807) is 12.1 Å². The van der Waals surface area contributed by atoms with Gasteiger partial charge in [0.25, 0.3) is 0 Å². The first-order chi connectivity index (χ1) is 6.72. The molecule has 2 rings (SSSR count). The summed E-state index contributed by atoms with van der Waals surface area (Å²) >= 11 is 0. The molecule has 0 saturated carbocycles. The Labute approximate surface area is 83.2 Å². The Bertz CT molecular complexity index is 428. The molecule has 1 aromatic carbocycles. The van der Waals surface area contributed by atoms with Gasteiger partial charge >= 0.3 is 0 Å². The predicted octanol–water partition coefficient (Wildman–Crippen LogP) is 2.32. The molecule has 2 nitrogen and oxygen atoms in total. The Morgan fingerprint density at radius 2 is 2.29 bits per heavy atom. The average molecular weight is 185 g/mol. The van der Waals surface area contributed by atoms with Crippen molar-refractivity contribution in [1.82, 2.24) is 0 Å². The van der Waals surface area contributed by atoms with Gasteiger partial charge in [0.1, 0.15) is 0 Å². The highest BCUT2D eigenvalue weighted by Gasteiger charge is 2.23. The number of carbonyl (C=O) groups excluding carboxylic acids is 1. The van der Waals surface area contributed by atoms with E-state index in [4.69, 9.17) is 5.26 Å². The largest absolute Gasteiger partial charge is 0.294 e. The van der Waals surface area contributed by atoms with E-state index in [1.165, 1.54) is 0 Å². The summed E-state index contributed by atoms with van der Waals surface area (Å²) in [5, 5.41) is 8.72. The van der Waals surface area contributed by atoms with Crippen LogP contribution in [0.2, 0.25) is 0 Å². The van der Waals surface area contributed by atoms with Gasteiger partial charge in [0, 0.05) is 11.5 Å². The molecule has 0 bridgehead atoms.